The number of amides is 1. The summed E-state index contributed by atoms with van der Waals surface area (Å²) in [7, 11) is 1.72. The van der Waals surface area contributed by atoms with Gasteiger partial charge in [0.25, 0.3) is 5.91 Å². The van der Waals surface area contributed by atoms with Gasteiger partial charge >= 0.3 is 0 Å². The van der Waals surface area contributed by atoms with Crippen LogP contribution in [0.5, 0.6) is 0 Å². The van der Waals surface area contributed by atoms with E-state index in [-0.39, 0.29) is 12.5 Å². The van der Waals surface area contributed by atoms with Crippen molar-refractivity contribution in [1.29, 1.82) is 0 Å². The molecule has 0 saturated carbocycles. The molecule has 6 heteroatoms. The molecule has 0 unspecified atom stereocenters. The van der Waals surface area contributed by atoms with Crippen molar-refractivity contribution < 1.29 is 9.90 Å². The van der Waals surface area contributed by atoms with E-state index >= 15 is 0 Å². The highest BCUT2D eigenvalue weighted by Crippen LogP contribution is 2.16. The fourth-order valence-electron chi connectivity index (χ4n) is 1.67. The van der Waals surface area contributed by atoms with Gasteiger partial charge in [-0.3, -0.25) is 9.78 Å². The van der Waals surface area contributed by atoms with E-state index in [1.807, 2.05) is 18.4 Å². The molecule has 21 heavy (non-hydrogen) atoms. The first-order valence-electron chi connectivity index (χ1n) is 6.31. The largest absolute Gasteiger partial charge is 0.384 e. The Morgan fingerprint density at radius 3 is 2.90 bits per heavy atom. The lowest BCUT2D eigenvalue weighted by molar-refractivity contribution is 0.0780. The second kappa shape index (κ2) is 6.97. The summed E-state index contributed by atoms with van der Waals surface area (Å²) in [5.41, 5.74) is 1.96. The maximum absolute atomic E-state index is 12.2. The minimum absolute atomic E-state index is 0.157. The van der Waals surface area contributed by atoms with Gasteiger partial charge in [0.15, 0.2) is 0 Å². The summed E-state index contributed by atoms with van der Waals surface area (Å²) in [6, 6.07) is 1.91. The van der Waals surface area contributed by atoms with Crippen LogP contribution in [0.2, 0.25) is 0 Å². The lowest BCUT2D eigenvalue weighted by Gasteiger charge is -2.15. The molecule has 0 aliphatic heterocycles. The fraction of sp³-hybridized carbons (Fsp3) is 0.267. The molecule has 1 amide bonds. The zero-order chi connectivity index (χ0) is 15.2. The van der Waals surface area contributed by atoms with Crippen molar-refractivity contribution in [2.24, 2.45) is 0 Å². The van der Waals surface area contributed by atoms with Gasteiger partial charge in [-0.25, -0.2) is 4.98 Å². The standard InChI is InChI=1S/C15H15N3O2S/c1-11-7-17-14(8-16-11)15(20)18(2)9-13-6-12(10-21-13)4-3-5-19/h6-8,10,19H,5,9H2,1-2H3. The van der Waals surface area contributed by atoms with Crippen molar-refractivity contribution in [2.45, 2.75) is 13.5 Å². The molecule has 1 N–H and O–H groups in total. The number of aromatic nitrogens is 2. The van der Waals surface area contributed by atoms with Crippen LogP contribution in [-0.2, 0) is 6.54 Å². The maximum atomic E-state index is 12.2. The van der Waals surface area contributed by atoms with Gasteiger partial charge in [0.1, 0.15) is 12.3 Å². The monoisotopic (exact) mass is 301 g/mol. The first kappa shape index (κ1) is 15.2. The Morgan fingerprint density at radius 2 is 2.24 bits per heavy atom. The normalized spacial score (nSPS) is 9.86. The van der Waals surface area contributed by atoms with Crippen molar-refractivity contribution >= 4 is 17.2 Å². The number of rotatable bonds is 3. The van der Waals surface area contributed by atoms with Gasteiger partial charge in [-0.2, -0.15) is 0 Å². The van der Waals surface area contributed by atoms with Gasteiger partial charge in [0.2, 0.25) is 0 Å². The van der Waals surface area contributed by atoms with Crippen molar-refractivity contribution in [1.82, 2.24) is 14.9 Å². The summed E-state index contributed by atoms with van der Waals surface area (Å²) < 4.78 is 0. The Morgan fingerprint density at radius 1 is 1.43 bits per heavy atom. The summed E-state index contributed by atoms with van der Waals surface area (Å²) in [6.45, 7) is 2.15. The van der Waals surface area contributed by atoms with E-state index in [4.69, 9.17) is 5.11 Å². The highest BCUT2D eigenvalue weighted by atomic mass is 32.1. The number of nitrogens with zero attached hydrogens (tertiary/aromatic N) is 3. The quantitative estimate of drug-likeness (QED) is 0.872. The fourth-order valence-corrected chi connectivity index (χ4v) is 2.54. The third-order valence-corrected chi connectivity index (χ3v) is 3.63. The highest BCUT2D eigenvalue weighted by Gasteiger charge is 2.14. The van der Waals surface area contributed by atoms with E-state index in [0.717, 1.165) is 16.1 Å². The molecule has 2 heterocycles. The number of thiophene rings is 1. The third-order valence-electron chi connectivity index (χ3n) is 2.71. The van der Waals surface area contributed by atoms with Crippen LogP contribution in [0.25, 0.3) is 0 Å². The molecule has 0 aromatic carbocycles. The summed E-state index contributed by atoms with van der Waals surface area (Å²) in [4.78, 5) is 23.0. The number of aryl methyl sites for hydroxylation is 1. The smallest absolute Gasteiger partial charge is 0.274 e. The number of hydrogen-bond donors (Lipinski definition) is 1. The average Bonchev–Trinajstić information content (AvgIpc) is 2.92. The second-order valence-electron chi connectivity index (χ2n) is 4.47. The van der Waals surface area contributed by atoms with E-state index in [9.17, 15) is 4.79 Å². The lowest BCUT2D eigenvalue weighted by atomic mass is 10.3. The molecule has 2 aromatic rings. The summed E-state index contributed by atoms with van der Waals surface area (Å²) in [5.74, 6) is 5.27. The molecule has 0 aliphatic carbocycles. The molecule has 0 fully saturated rings. The predicted molar refractivity (Wildman–Crippen MR) is 80.8 cm³/mol. The minimum atomic E-state index is -0.168. The molecule has 0 atom stereocenters. The number of aliphatic hydroxyl groups is 1. The molecule has 0 bridgehead atoms. The number of aliphatic hydroxyl groups excluding tert-OH is 1. The predicted octanol–water partition coefficient (Wildman–Crippen LogP) is 1.46. The Labute approximate surface area is 127 Å². The maximum Gasteiger partial charge on any atom is 0.274 e. The van der Waals surface area contributed by atoms with Crippen LogP contribution >= 0.6 is 11.3 Å². The SMILES string of the molecule is Cc1cnc(C(=O)N(C)Cc2cc(C#CCO)cs2)cn1. The van der Waals surface area contributed by atoms with Crippen LogP contribution in [0.1, 0.15) is 26.6 Å². The average molecular weight is 301 g/mol. The van der Waals surface area contributed by atoms with Crippen molar-refractivity contribution in [3.8, 4) is 11.8 Å². The van der Waals surface area contributed by atoms with Crippen LogP contribution in [0.15, 0.2) is 23.8 Å². The van der Waals surface area contributed by atoms with Gasteiger partial charge in [-0.05, 0) is 13.0 Å². The second-order valence-corrected chi connectivity index (χ2v) is 5.46. The molecule has 2 rings (SSSR count). The lowest BCUT2D eigenvalue weighted by Crippen LogP contribution is -2.26. The van der Waals surface area contributed by atoms with Crippen molar-refractivity contribution in [2.75, 3.05) is 13.7 Å². The third kappa shape index (κ3) is 4.12. The summed E-state index contributed by atoms with van der Waals surface area (Å²) >= 11 is 1.53. The number of carbonyl (C=O) groups excluding carboxylic acids is 1. The molecular formula is C15H15N3O2S. The van der Waals surface area contributed by atoms with Crippen LogP contribution in [0.4, 0.5) is 0 Å². The van der Waals surface area contributed by atoms with Crippen LogP contribution in [0.3, 0.4) is 0 Å². The van der Waals surface area contributed by atoms with E-state index in [2.05, 4.69) is 21.8 Å². The first-order chi connectivity index (χ1) is 10.1. The van der Waals surface area contributed by atoms with Gasteiger partial charge < -0.3 is 10.0 Å². The Bertz CT molecular complexity index is 683. The molecule has 5 nitrogen and oxygen atoms in total. The molecule has 0 saturated heterocycles. The van der Waals surface area contributed by atoms with Crippen LogP contribution in [-0.4, -0.2) is 39.5 Å². The van der Waals surface area contributed by atoms with Crippen LogP contribution in [0, 0.1) is 18.8 Å². The number of hydrogen-bond acceptors (Lipinski definition) is 5. The van der Waals surface area contributed by atoms with E-state index in [0.29, 0.717) is 12.2 Å². The summed E-state index contributed by atoms with van der Waals surface area (Å²) in [6.07, 6.45) is 3.07. The summed E-state index contributed by atoms with van der Waals surface area (Å²) in [5, 5.41) is 10.6. The molecule has 0 aliphatic rings. The molecule has 108 valence electrons. The van der Waals surface area contributed by atoms with E-state index < -0.39 is 0 Å². The zero-order valence-electron chi connectivity index (χ0n) is 11.8. The molecular weight excluding hydrogens is 286 g/mol. The van der Waals surface area contributed by atoms with Gasteiger partial charge in [0, 0.05) is 29.1 Å². The topological polar surface area (TPSA) is 66.3 Å². The van der Waals surface area contributed by atoms with Gasteiger partial charge in [0.05, 0.1) is 18.4 Å². The Balaban J connectivity index is 2.03. The van der Waals surface area contributed by atoms with Crippen LogP contribution < -0.4 is 0 Å². The Hall–Kier alpha value is -2.23. The molecule has 0 radical (unpaired) electrons. The van der Waals surface area contributed by atoms with E-state index in [1.165, 1.54) is 17.5 Å². The van der Waals surface area contributed by atoms with Gasteiger partial charge in [-0.1, -0.05) is 11.8 Å². The Kier molecular flexibility index (Phi) is 5.04. The zero-order valence-corrected chi connectivity index (χ0v) is 12.6. The number of carbonyl (C=O) groups is 1. The first-order valence-corrected chi connectivity index (χ1v) is 7.19. The highest BCUT2D eigenvalue weighted by molar-refractivity contribution is 7.10. The van der Waals surface area contributed by atoms with Crippen molar-refractivity contribution in [3.63, 3.8) is 0 Å². The molecule has 0 spiro atoms. The minimum Gasteiger partial charge on any atom is -0.384 e. The van der Waals surface area contributed by atoms with Crippen molar-refractivity contribution in [3.05, 3.63) is 45.7 Å². The molecule has 2 aromatic heterocycles. The van der Waals surface area contributed by atoms with Gasteiger partial charge in [-0.15, -0.1) is 11.3 Å². The van der Waals surface area contributed by atoms with E-state index in [1.54, 1.807) is 18.1 Å².